The summed E-state index contributed by atoms with van der Waals surface area (Å²) in [6.07, 6.45) is 12.2. The van der Waals surface area contributed by atoms with Crippen LogP contribution in [0.15, 0.2) is 35.5 Å². The lowest BCUT2D eigenvalue weighted by Gasteiger charge is -2.60. The smallest absolute Gasteiger partial charge is 0.106 e. The molecule has 4 aliphatic rings. The van der Waals surface area contributed by atoms with E-state index in [1.165, 1.54) is 0 Å². The molecule has 9 atom stereocenters. The van der Waals surface area contributed by atoms with E-state index in [4.69, 9.17) is 4.74 Å². The molecule has 0 amide bonds. The number of aliphatic hydroxyl groups is 3. The van der Waals surface area contributed by atoms with Gasteiger partial charge in [0.15, 0.2) is 0 Å². The van der Waals surface area contributed by atoms with Crippen molar-refractivity contribution in [2.75, 3.05) is 7.11 Å². The molecule has 0 bridgehead atoms. The standard InChI is InChI=1S/C29H46O4/c1-18(2)19(3)8-9-20(4)22-12-15-28(31)24-16-25(33-7)29(32)17-21(30)10-13-27(29,6)23(24)11-14-26(22,28)5/h8-9,11,16,18-22,25,30-32H,10,12-15,17H2,1-7H3/b9-8+/t19-,20+,21-,22+,25+,26+,27+,28-,29-/m0/s1. The topological polar surface area (TPSA) is 69.9 Å². The molecule has 186 valence electrons. The molecule has 2 saturated carbocycles. The molecule has 0 spiro atoms. The summed E-state index contributed by atoms with van der Waals surface area (Å²) >= 11 is 0. The predicted octanol–water partition coefficient (Wildman–Crippen LogP) is 5.19. The van der Waals surface area contributed by atoms with Gasteiger partial charge in [-0.1, -0.05) is 59.8 Å². The van der Waals surface area contributed by atoms with Crippen molar-refractivity contribution in [3.8, 4) is 0 Å². The fourth-order valence-corrected chi connectivity index (χ4v) is 7.69. The van der Waals surface area contributed by atoms with Gasteiger partial charge < -0.3 is 20.1 Å². The van der Waals surface area contributed by atoms with E-state index in [0.717, 1.165) is 30.4 Å². The maximum absolute atomic E-state index is 12.4. The second kappa shape index (κ2) is 8.33. The van der Waals surface area contributed by atoms with Gasteiger partial charge in [-0.2, -0.15) is 0 Å². The summed E-state index contributed by atoms with van der Waals surface area (Å²) in [6.45, 7) is 13.5. The van der Waals surface area contributed by atoms with Crippen molar-refractivity contribution in [1.82, 2.24) is 0 Å². The average molecular weight is 459 g/mol. The zero-order chi connectivity index (χ0) is 24.4. The first-order valence-corrected chi connectivity index (χ1v) is 13.1. The van der Waals surface area contributed by atoms with Crippen molar-refractivity contribution in [2.24, 2.45) is 34.5 Å². The van der Waals surface area contributed by atoms with Gasteiger partial charge in [0.25, 0.3) is 0 Å². The SMILES string of the molecule is CO[C@@H]1C=C2C(=CC[C@]3(C)[C@@H]([C@H](C)/C=C/[C@H](C)C(C)C)CC[C@]23O)[C@@]2(C)CC[C@H](O)C[C@]12O. The lowest BCUT2D eigenvalue weighted by atomic mass is 9.48. The highest BCUT2D eigenvalue weighted by atomic mass is 16.5. The first-order chi connectivity index (χ1) is 15.3. The number of hydrogen-bond acceptors (Lipinski definition) is 4. The Bertz CT molecular complexity index is 858. The van der Waals surface area contributed by atoms with Crippen LogP contribution in [-0.4, -0.2) is 45.8 Å². The first kappa shape index (κ1) is 25.2. The highest BCUT2D eigenvalue weighted by Crippen LogP contribution is 2.67. The Morgan fingerprint density at radius 1 is 1.03 bits per heavy atom. The summed E-state index contributed by atoms with van der Waals surface area (Å²) in [5.74, 6) is 1.94. The zero-order valence-corrected chi connectivity index (χ0v) is 21.8. The van der Waals surface area contributed by atoms with Gasteiger partial charge in [-0.15, -0.1) is 0 Å². The summed E-state index contributed by atoms with van der Waals surface area (Å²) in [6, 6.07) is 0. The van der Waals surface area contributed by atoms with E-state index in [1.54, 1.807) is 7.11 Å². The Morgan fingerprint density at radius 3 is 2.36 bits per heavy atom. The predicted molar refractivity (Wildman–Crippen MR) is 133 cm³/mol. The van der Waals surface area contributed by atoms with Crippen molar-refractivity contribution in [3.05, 3.63) is 35.5 Å². The molecule has 0 aliphatic heterocycles. The van der Waals surface area contributed by atoms with Gasteiger partial charge in [0.05, 0.1) is 11.7 Å². The number of methoxy groups -OCH3 is 1. The molecule has 4 aliphatic carbocycles. The Kier molecular flexibility index (Phi) is 6.35. The zero-order valence-electron chi connectivity index (χ0n) is 21.8. The minimum atomic E-state index is -1.17. The van der Waals surface area contributed by atoms with E-state index in [2.05, 4.69) is 59.8 Å². The van der Waals surface area contributed by atoms with Gasteiger partial charge in [-0.05, 0) is 73.0 Å². The number of aliphatic hydroxyl groups excluding tert-OH is 1. The lowest BCUT2D eigenvalue weighted by molar-refractivity contribution is -0.184. The molecule has 0 aromatic rings. The van der Waals surface area contributed by atoms with Crippen LogP contribution in [0.5, 0.6) is 0 Å². The molecule has 4 nitrogen and oxygen atoms in total. The number of fused-ring (bicyclic) bond motifs is 5. The van der Waals surface area contributed by atoms with E-state index in [9.17, 15) is 15.3 Å². The van der Waals surface area contributed by atoms with Crippen molar-refractivity contribution in [3.63, 3.8) is 0 Å². The van der Waals surface area contributed by atoms with E-state index in [-0.39, 0.29) is 5.41 Å². The normalized spacial score (nSPS) is 46.9. The second-order valence-corrected chi connectivity index (χ2v) is 12.5. The van der Waals surface area contributed by atoms with Crippen molar-refractivity contribution in [1.29, 1.82) is 0 Å². The van der Waals surface area contributed by atoms with Crippen LogP contribution in [0, 0.1) is 34.5 Å². The molecule has 4 rings (SSSR count). The number of allylic oxidation sites excluding steroid dienone is 3. The summed E-state index contributed by atoms with van der Waals surface area (Å²) in [5, 5.41) is 34.6. The summed E-state index contributed by atoms with van der Waals surface area (Å²) in [4.78, 5) is 0. The quantitative estimate of drug-likeness (QED) is 0.496. The van der Waals surface area contributed by atoms with Gasteiger partial charge in [0.1, 0.15) is 11.7 Å². The molecule has 0 aromatic carbocycles. The first-order valence-electron chi connectivity index (χ1n) is 13.1. The third kappa shape index (κ3) is 3.46. The minimum Gasteiger partial charge on any atom is -0.393 e. The Labute approximate surface area is 200 Å². The Balaban J connectivity index is 1.73. The van der Waals surface area contributed by atoms with E-state index in [0.29, 0.717) is 42.9 Å². The van der Waals surface area contributed by atoms with Crippen LogP contribution in [0.4, 0.5) is 0 Å². The van der Waals surface area contributed by atoms with Crippen molar-refractivity contribution >= 4 is 0 Å². The molecular formula is C29H46O4. The van der Waals surface area contributed by atoms with Gasteiger partial charge in [-0.3, -0.25) is 0 Å². The van der Waals surface area contributed by atoms with Crippen LogP contribution < -0.4 is 0 Å². The van der Waals surface area contributed by atoms with E-state index < -0.39 is 28.8 Å². The molecule has 0 unspecified atom stereocenters. The molecule has 2 fully saturated rings. The van der Waals surface area contributed by atoms with Crippen LogP contribution in [0.25, 0.3) is 0 Å². The van der Waals surface area contributed by atoms with Crippen LogP contribution >= 0.6 is 0 Å². The highest BCUT2D eigenvalue weighted by molar-refractivity contribution is 5.54. The largest absolute Gasteiger partial charge is 0.393 e. The maximum Gasteiger partial charge on any atom is 0.106 e. The fourth-order valence-electron chi connectivity index (χ4n) is 7.69. The van der Waals surface area contributed by atoms with Crippen molar-refractivity contribution in [2.45, 2.75) is 103 Å². The molecule has 4 heteroatoms. The lowest BCUT2D eigenvalue weighted by Crippen LogP contribution is -2.65. The summed E-state index contributed by atoms with van der Waals surface area (Å²) < 4.78 is 5.83. The van der Waals surface area contributed by atoms with Crippen LogP contribution in [-0.2, 0) is 4.74 Å². The molecule has 0 aromatic heterocycles. The van der Waals surface area contributed by atoms with Gasteiger partial charge in [0, 0.05) is 24.4 Å². The van der Waals surface area contributed by atoms with E-state index in [1.807, 2.05) is 6.08 Å². The Hall–Kier alpha value is -0.940. The van der Waals surface area contributed by atoms with Gasteiger partial charge >= 0.3 is 0 Å². The van der Waals surface area contributed by atoms with Crippen LogP contribution in [0.1, 0.15) is 80.1 Å². The van der Waals surface area contributed by atoms with Gasteiger partial charge in [-0.25, -0.2) is 0 Å². The summed E-state index contributed by atoms with van der Waals surface area (Å²) in [7, 11) is 1.63. The average Bonchev–Trinajstić information content (AvgIpc) is 3.03. The molecule has 33 heavy (non-hydrogen) atoms. The molecule has 3 N–H and O–H groups in total. The van der Waals surface area contributed by atoms with Gasteiger partial charge in [0.2, 0.25) is 0 Å². The third-order valence-corrected chi connectivity index (χ3v) is 10.6. The highest BCUT2D eigenvalue weighted by Gasteiger charge is 2.67. The van der Waals surface area contributed by atoms with Crippen LogP contribution in [0.2, 0.25) is 0 Å². The van der Waals surface area contributed by atoms with E-state index >= 15 is 0 Å². The fraction of sp³-hybridized carbons (Fsp3) is 0.793. The van der Waals surface area contributed by atoms with Crippen molar-refractivity contribution < 1.29 is 20.1 Å². The number of ether oxygens (including phenoxy) is 1. The minimum absolute atomic E-state index is 0.258. The number of rotatable bonds is 5. The maximum atomic E-state index is 12.4. The second-order valence-electron chi connectivity index (χ2n) is 12.5. The van der Waals surface area contributed by atoms with Crippen LogP contribution in [0.3, 0.4) is 0 Å². The monoisotopic (exact) mass is 458 g/mol. The number of hydrogen-bond donors (Lipinski definition) is 3. The molecular weight excluding hydrogens is 412 g/mol. The molecule has 0 radical (unpaired) electrons. The molecule has 0 saturated heterocycles. The third-order valence-electron chi connectivity index (χ3n) is 10.6. The summed E-state index contributed by atoms with van der Waals surface area (Å²) in [5.41, 5.74) is -0.830. The Morgan fingerprint density at radius 2 is 1.73 bits per heavy atom. The molecule has 0 heterocycles.